The van der Waals surface area contributed by atoms with Crippen molar-refractivity contribution in [1.29, 1.82) is 0 Å². The fourth-order valence-corrected chi connectivity index (χ4v) is 3.40. The zero-order valence-electron chi connectivity index (χ0n) is 18.4. The lowest BCUT2D eigenvalue weighted by Crippen LogP contribution is -2.27. The van der Waals surface area contributed by atoms with Crippen LogP contribution in [0.4, 0.5) is 11.4 Å². The van der Waals surface area contributed by atoms with Crippen LogP contribution in [0.2, 0.25) is 0 Å². The predicted molar refractivity (Wildman–Crippen MR) is 119 cm³/mol. The van der Waals surface area contributed by atoms with Crippen molar-refractivity contribution in [1.82, 2.24) is 15.1 Å². The molecule has 3 aromatic rings. The lowest BCUT2D eigenvalue weighted by Gasteiger charge is -2.10. The van der Waals surface area contributed by atoms with Crippen molar-refractivity contribution >= 4 is 17.3 Å². The first-order valence-electron chi connectivity index (χ1n) is 10.1. The third-order valence-electron chi connectivity index (χ3n) is 5.03. The lowest BCUT2D eigenvalue weighted by atomic mass is 10.1. The minimum atomic E-state index is -0.496. The Morgan fingerprint density at radius 3 is 2.52 bits per heavy atom. The highest BCUT2D eigenvalue weighted by Gasteiger charge is 2.21. The van der Waals surface area contributed by atoms with Gasteiger partial charge in [-0.2, -0.15) is 5.10 Å². The molecule has 11 nitrogen and oxygen atoms in total. The number of carbonyl (C=O) groups is 1. The van der Waals surface area contributed by atoms with E-state index in [9.17, 15) is 25.0 Å². The number of benzene rings is 2. The molecule has 2 aromatic carbocycles. The number of rotatable bonds is 9. The number of nitro groups is 2. The van der Waals surface area contributed by atoms with E-state index in [2.05, 4.69) is 10.4 Å². The van der Waals surface area contributed by atoms with Crippen LogP contribution in [-0.2, 0) is 13.2 Å². The first-order valence-corrected chi connectivity index (χ1v) is 10.1. The molecule has 0 bridgehead atoms. The van der Waals surface area contributed by atoms with Crippen LogP contribution in [-0.4, -0.2) is 32.1 Å². The van der Waals surface area contributed by atoms with Gasteiger partial charge in [0.2, 0.25) is 0 Å². The van der Waals surface area contributed by atoms with Crippen molar-refractivity contribution in [2.45, 2.75) is 33.9 Å². The van der Waals surface area contributed by atoms with Crippen LogP contribution in [0, 0.1) is 41.0 Å². The van der Waals surface area contributed by atoms with Crippen molar-refractivity contribution < 1.29 is 19.4 Å². The second kappa shape index (κ2) is 9.90. The topological polar surface area (TPSA) is 142 Å². The highest BCUT2D eigenvalue weighted by atomic mass is 16.6. The predicted octanol–water partition coefficient (Wildman–Crippen LogP) is 3.63. The van der Waals surface area contributed by atoms with Crippen LogP contribution >= 0.6 is 0 Å². The van der Waals surface area contributed by atoms with E-state index < -0.39 is 9.85 Å². The monoisotopic (exact) mass is 453 g/mol. The van der Waals surface area contributed by atoms with Gasteiger partial charge in [0.25, 0.3) is 5.91 Å². The van der Waals surface area contributed by atoms with Crippen molar-refractivity contribution in [2.24, 2.45) is 0 Å². The Labute approximate surface area is 189 Å². The van der Waals surface area contributed by atoms with Crippen LogP contribution in [0.1, 0.15) is 32.9 Å². The molecule has 0 unspecified atom stereocenters. The minimum Gasteiger partial charge on any atom is -0.482 e. The van der Waals surface area contributed by atoms with E-state index in [1.165, 1.54) is 10.7 Å². The van der Waals surface area contributed by atoms with Gasteiger partial charge in [0, 0.05) is 18.2 Å². The molecule has 0 aliphatic rings. The van der Waals surface area contributed by atoms with Gasteiger partial charge in [0.05, 0.1) is 16.4 Å². The van der Waals surface area contributed by atoms with Crippen molar-refractivity contribution in [2.75, 3.05) is 6.54 Å². The number of aromatic nitrogens is 2. The molecule has 3 rings (SSSR count). The average Bonchev–Trinajstić information content (AvgIpc) is 3.06. The summed E-state index contributed by atoms with van der Waals surface area (Å²) in [6, 6.07) is 11.5. The summed E-state index contributed by atoms with van der Waals surface area (Å²) in [5.74, 6) is -0.173. The van der Waals surface area contributed by atoms with Crippen LogP contribution < -0.4 is 10.1 Å². The largest absolute Gasteiger partial charge is 0.482 e. The summed E-state index contributed by atoms with van der Waals surface area (Å²) in [5.41, 5.74) is 2.43. The first kappa shape index (κ1) is 23.4. The number of hydrogen-bond acceptors (Lipinski definition) is 7. The van der Waals surface area contributed by atoms with E-state index >= 15 is 0 Å². The average molecular weight is 453 g/mol. The summed E-state index contributed by atoms with van der Waals surface area (Å²) in [6.07, 6.45) is 0. The van der Waals surface area contributed by atoms with Crippen molar-refractivity contribution in [3.8, 4) is 5.75 Å². The van der Waals surface area contributed by atoms with Gasteiger partial charge in [-0.15, -0.1) is 0 Å². The smallest absolute Gasteiger partial charge is 0.312 e. The third-order valence-corrected chi connectivity index (χ3v) is 5.03. The number of carbonyl (C=O) groups excluding carboxylic acids is 1. The number of nitrogens with zero attached hydrogens (tertiary/aromatic N) is 4. The summed E-state index contributed by atoms with van der Waals surface area (Å²) in [6.45, 7) is 5.51. The van der Waals surface area contributed by atoms with Crippen molar-refractivity contribution in [3.63, 3.8) is 0 Å². The van der Waals surface area contributed by atoms with E-state index in [0.717, 1.165) is 5.56 Å². The number of nitro benzene ring substituents is 1. The summed E-state index contributed by atoms with van der Waals surface area (Å²) in [4.78, 5) is 33.9. The maximum atomic E-state index is 12.5. The second-order valence-electron chi connectivity index (χ2n) is 7.47. The molecular formula is C22H23N5O6. The highest BCUT2D eigenvalue weighted by Crippen LogP contribution is 2.28. The molecule has 1 aromatic heterocycles. The normalized spacial score (nSPS) is 10.6. The molecule has 0 saturated heterocycles. The minimum absolute atomic E-state index is 0.0251. The molecule has 0 fully saturated rings. The van der Waals surface area contributed by atoms with Gasteiger partial charge in [-0.3, -0.25) is 29.7 Å². The lowest BCUT2D eigenvalue weighted by molar-refractivity contribution is -0.386. The number of ether oxygens (including phenoxy) is 1. The Morgan fingerprint density at radius 2 is 1.85 bits per heavy atom. The summed E-state index contributed by atoms with van der Waals surface area (Å²) in [7, 11) is 0. The van der Waals surface area contributed by atoms with E-state index in [4.69, 9.17) is 4.74 Å². The maximum Gasteiger partial charge on any atom is 0.312 e. The Hall–Kier alpha value is -4.28. The Bertz CT molecular complexity index is 1220. The maximum absolute atomic E-state index is 12.5. The van der Waals surface area contributed by atoms with Crippen LogP contribution in [0.15, 0.2) is 42.5 Å². The quantitative estimate of drug-likeness (QED) is 0.385. The standard InChI is InChI=1S/C22H23N5O6/c1-14-7-8-20(19(11-14)26(29)30)33-13-17-5-4-6-18(12-17)22(28)23-9-10-25-16(3)21(27(31)32)15(2)24-25/h4-8,11-12H,9-10,13H2,1-3H3,(H,23,28). The van der Waals surface area contributed by atoms with Crippen LogP contribution in [0.5, 0.6) is 5.75 Å². The number of nitrogens with one attached hydrogen (secondary N) is 1. The van der Waals surface area contributed by atoms with Gasteiger partial charge in [-0.1, -0.05) is 18.2 Å². The molecule has 0 spiro atoms. The van der Waals surface area contributed by atoms with Crippen molar-refractivity contribution in [3.05, 3.63) is 90.8 Å². The van der Waals surface area contributed by atoms with Gasteiger partial charge in [0.15, 0.2) is 5.75 Å². The number of hydrogen-bond donors (Lipinski definition) is 1. The molecule has 33 heavy (non-hydrogen) atoms. The van der Waals surface area contributed by atoms with Crippen LogP contribution in [0.3, 0.4) is 0 Å². The number of aryl methyl sites for hydroxylation is 2. The zero-order valence-corrected chi connectivity index (χ0v) is 18.4. The van der Waals surface area contributed by atoms with Crippen LogP contribution in [0.25, 0.3) is 0 Å². The van der Waals surface area contributed by atoms with Gasteiger partial charge in [-0.05, 0) is 50.1 Å². The molecule has 172 valence electrons. The van der Waals surface area contributed by atoms with Gasteiger partial charge < -0.3 is 10.1 Å². The van der Waals surface area contributed by atoms with Gasteiger partial charge in [-0.25, -0.2) is 0 Å². The molecular weight excluding hydrogens is 430 g/mol. The molecule has 1 amide bonds. The second-order valence-corrected chi connectivity index (χ2v) is 7.47. The van der Waals surface area contributed by atoms with E-state index in [0.29, 0.717) is 22.5 Å². The highest BCUT2D eigenvalue weighted by molar-refractivity contribution is 5.94. The molecule has 1 N–H and O–H groups in total. The molecule has 11 heteroatoms. The fraction of sp³-hybridized carbons (Fsp3) is 0.273. The summed E-state index contributed by atoms with van der Waals surface area (Å²) < 4.78 is 7.11. The molecule has 0 saturated carbocycles. The molecule has 0 atom stereocenters. The Morgan fingerprint density at radius 1 is 1.09 bits per heavy atom. The molecule has 1 heterocycles. The summed E-state index contributed by atoms with van der Waals surface area (Å²) in [5, 5.41) is 29.3. The van der Waals surface area contributed by atoms with E-state index in [-0.39, 0.29) is 42.7 Å². The third kappa shape index (κ3) is 5.50. The Kier molecular flexibility index (Phi) is 7.01. The SMILES string of the molecule is Cc1ccc(OCc2cccc(C(=O)NCCn3nc(C)c([N+](=O)[O-])c3C)c2)c([N+](=O)[O-])c1. The van der Waals surface area contributed by atoms with Gasteiger partial charge in [0.1, 0.15) is 18.0 Å². The summed E-state index contributed by atoms with van der Waals surface area (Å²) >= 11 is 0. The molecule has 0 aliphatic heterocycles. The first-order chi connectivity index (χ1) is 15.7. The fourth-order valence-electron chi connectivity index (χ4n) is 3.40. The Balaban J connectivity index is 1.61. The number of amides is 1. The molecule has 0 radical (unpaired) electrons. The van der Waals surface area contributed by atoms with E-state index in [1.54, 1.807) is 57.2 Å². The molecule has 0 aliphatic carbocycles. The van der Waals surface area contributed by atoms with E-state index in [1.807, 2.05) is 0 Å². The van der Waals surface area contributed by atoms with Gasteiger partial charge >= 0.3 is 11.4 Å². The zero-order chi connectivity index (χ0) is 24.1.